The molecule has 316 valence electrons. The third-order valence-electron chi connectivity index (χ3n) is 9.38. The number of azide groups is 3. The maximum atomic E-state index is 13.4. The van der Waals surface area contributed by atoms with Gasteiger partial charge in [-0.2, -0.15) is 0 Å². The minimum absolute atomic E-state index is 0.0271. The Balaban J connectivity index is 2.49. The first-order chi connectivity index (χ1) is 27.1. The van der Waals surface area contributed by atoms with Gasteiger partial charge in [0.05, 0.1) is 26.4 Å². The molecule has 0 saturated carbocycles. The summed E-state index contributed by atoms with van der Waals surface area (Å²) < 4.78 is 48.4. The van der Waals surface area contributed by atoms with Crippen molar-refractivity contribution in [2.24, 2.45) is 15.3 Å². The first-order valence-electron chi connectivity index (χ1n) is 18.9. The fraction of sp³-hybridized carbons (Fsp3) is 0.750. The van der Waals surface area contributed by atoms with Crippen LogP contribution in [0.25, 0.3) is 31.3 Å². The van der Waals surface area contributed by atoms with E-state index in [1.165, 1.54) is 0 Å². The topological polar surface area (TPSA) is 271 Å². The summed E-state index contributed by atoms with van der Waals surface area (Å²) in [7, 11) is -0.850. The number of rotatable bonds is 26. The second-order valence-corrected chi connectivity index (χ2v) is 19.6. The molecule has 1 saturated heterocycles. The van der Waals surface area contributed by atoms with Crippen LogP contribution in [0.1, 0.15) is 78.2 Å². The molecule has 1 fully saturated rings. The number of carbonyl (C=O) groups excluding carboxylic acids is 3. The summed E-state index contributed by atoms with van der Waals surface area (Å²) in [6.07, 6.45) is -6.75. The molecule has 20 nitrogen and oxygen atoms in total. The Morgan fingerprint density at radius 2 is 1.30 bits per heavy atom. The van der Waals surface area contributed by atoms with Crippen LogP contribution in [0.3, 0.4) is 0 Å². The van der Waals surface area contributed by atoms with E-state index in [1.54, 1.807) is 14.0 Å². The van der Waals surface area contributed by atoms with Crippen molar-refractivity contribution in [1.82, 2.24) is 0 Å². The molecule has 1 aliphatic heterocycles. The zero-order valence-corrected chi connectivity index (χ0v) is 35.0. The van der Waals surface area contributed by atoms with Crippen LogP contribution in [0, 0.1) is 0 Å². The fourth-order valence-corrected chi connectivity index (χ4v) is 6.15. The van der Waals surface area contributed by atoms with Crippen molar-refractivity contribution in [3.05, 3.63) is 61.2 Å². The smallest absolute Gasteiger partial charge is 0.306 e. The second-order valence-electron chi connectivity index (χ2n) is 14.8. The van der Waals surface area contributed by atoms with Crippen molar-refractivity contribution < 1.29 is 52.0 Å². The highest BCUT2D eigenvalue weighted by Gasteiger charge is 2.54. The summed E-state index contributed by atoms with van der Waals surface area (Å²) >= 11 is 0. The molecular formula is C36H57N9O11Si. The molecule has 0 bridgehead atoms. The highest BCUT2D eigenvalue weighted by Crippen LogP contribution is 2.38. The summed E-state index contributed by atoms with van der Waals surface area (Å²) in [4.78, 5) is 48.1. The maximum Gasteiger partial charge on any atom is 0.306 e. The van der Waals surface area contributed by atoms with E-state index in [0.717, 1.165) is 11.3 Å². The van der Waals surface area contributed by atoms with Gasteiger partial charge in [-0.15, -0.1) is 0 Å². The fourth-order valence-electron chi connectivity index (χ4n) is 5.14. The van der Waals surface area contributed by atoms with Crippen molar-refractivity contribution in [2.45, 2.75) is 134 Å². The van der Waals surface area contributed by atoms with E-state index in [-0.39, 0.29) is 69.8 Å². The molecule has 0 spiro atoms. The normalized spacial score (nSPS) is 19.8. The molecule has 57 heavy (non-hydrogen) atoms. The number of esters is 3. The Morgan fingerprint density at radius 3 is 1.77 bits per heavy atom. The van der Waals surface area contributed by atoms with Gasteiger partial charge in [0.2, 0.25) is 0 Å². The van der Waals surface area contributed by atoms with Crippen LogP contribution in [-0.4, -0.2) is 103 Å². The van der Waals surface area contributed by atoms with E-state index in [0.29, 0.717) is 19.6 Å². The van der Waals surface area contributed by atoms with Crippen molar-refractivity contribution in [1.29, 1.82) is 0 Å². The van der Waals surface area contributed by atoms with Gasteiger partial charge < -0.3 is 37.6 Å². The van der Waals surface area contributed by atoms with Crippen LogP contribution < -0.4 is 4.74 Å². The molecule has 1 aromatic rings. The van der Waals surface area contributed by atoms with Crippen molar-refractivity contribution in [3.8, 4) is 5.75 Å². The molecular weight excluding hydrogens is 763 g/mol. The average molecular weight is 820 g/mol. The summed E-state index contributed by atoms with van der Waals surface area (Å²) in [5.41, 5.74) is 27.0. The molecule has 0 aromatic heterocycles. The van der Waals surface area contributed by atoms with Gasteiger partial charge in [-0.3, -0.25) is 14.4 Å². The minimum Gasteiger partial charge on any atom is -0.497 e. The standard InChI is InChI=1S/C36H57N9O11Si/c1-25(18-22-50-23-26-14-16-27(49-5)17-15-26)52-35-34(56-31(48)13-10-21-42-45-39)33(55-30(47)12-9-20-41-44-38)32(54-29(46)11-8-19-40-43-37)28(53-35)24-51-57(6,7)36(2,3)4/h14-17,25,28,32-35H,8-13,18-24H2,1-7H3/t25-,28?,32?,33?,34?,35?/m0/s1. The summed E-state index contributed by atoms with van der Waals surface area (Å²) in [6.45, 7) is 12.7. The predicted molar refractivity (Wildman–Crippen MR) is 209 cm³/mol. The third-order valence-corrected chi connectivity index (χ3v) is 13.9. The van der Waals surface area contributed by atoms with E-state index >= 15 is 0 Å². The van der Waals surface area contributed by atoms with Gasteiger partial charge in [0.15, 0.2) is 32.9 Å². The average Bonchev–Trinajstić information content (AvgIpc) is 3.16. The van der Waals surface area contributed by atoms with E-state index in [2.05, 4.69) is 50.8 Å². The SMILES string of the molecule is COc1ccc(COCC[C@H](C)OC2OC(CO[Si](C)(C)C(C)(C)C)C(OC(=O)CCCN=[N+]=[N-])C(OC(=O)CCCN=[N+]=[N-])C2OC(=O)CCCN=[N+]=[N-])cc1. The quantitative estimate of drug-likeness (QED) is 0.0166. The van der Waals surface area contributed by atoms with E-state index in [4.69, 9.17) is 54.2 Å². The number of hydrogen-bond donors (Lipinski definition) is 0. The number of nitrogens with zero attached hydrogens (tertiary/aromatic N) is 9. The van der Waals surface area contributed by atoms with E-state index < -0.39 is 63.0 Å². The Labute approximate surface area is 334 Å². The molecule has 0 aliphatic carbocycles. The van der Waals surface area contributed by atoms with Gasteiger partial charge in [-0.25, -0.2) is 0 Å². The van der Waals surface area contributed by atoms with Crippen LogP contribution in [0.5, 0.6) is 5.75 Å². The first kappa shape index (κ1) is 48.6. The Bertz CT molecular complexity index is 1560. The largest absolute Gasteiger partial charge is 0.497 e. The molecule has 1 aromatic carbocycles. The Hall–Kier alpha value is -4.58. The zero-order chi connectivity index (χ0) is 42.3. The van der Waals surface area contributed by atoms with E-state index in [9.17, 15) is 14.4 Å². The Morgan fingerprint density at radius 1 is 0.807 bits per heavy atom. The maximum absolute atomic E-state index is 13.4. The van der Waals surface area contributed by atoms with E-state index in [1.807, 2.05) is 37.4 Å². The van der Waals surface area contributed by atoms with Gasteiger partial charge in [0, 0.05) is 60.2 Å². The molecule has 21 heteroatoms. The predicted octanol–water partition coefficient (Wildman–Crippen LogP) is 7.76. The molecule has 5 unspecified atom stereocenters. The lowest BCUT2D eigenvalue weighted by Gasteiger charge is -2.46. The van der Waals surface area contributed by atoms with Gasteiger partial charge in [0.25, 0.3) is 0 Å². The monoisotopic (exact) mass is 819 g/mol. The van der Waals surface area contributed by atoms with Crippen molar-refractivity contribution in [2.75, 3.05) is 40.0 Å². The summed E-state index contributed by atoms with van der Waals surface area (Å²) in [5.74, 6) is -1.46. The highest BCUT2D eigenvalue weighted by atomic mass is 28.4. The molecule has 0 radical (unpaired) electrons. The van der Waals surface area contributed by atoms with Gasteiger partial charge in [-0.05, 0) is 85.0 Å². The number of ether oxygens (including phenoxy) is 7. The van der Waals surface area contributed by atoms with Gasteiger partial charge in [-0.1, -0.05) is 48.2 Å². The van der Waals surface area contributed by atoms with Gasteiger partial charge in [0.1, 0.15) is 11.9 Å². The molecule has 1 heterocycles. The second kappa shape index (κ2) is 25.6. The summed E-state index contributed by atoms with van der Waals surface area (Å²) in [6, 6.07) is 7.47. The van der Waals surface area contributed by atoms with Crippen LogP contribution in [0.15, 0.2) is 39.6 Å². The van der Waals surface area contributed by atoms with Crippen LogP contribution in [-0.2, 0) is 53.8 Å². The lowest BCUT2D eigenvalue weighted by Crippen LogP contribution is -2.64. The number of benzene rings is 1. The van der Waals surface area contributed by atoms with Gasteiger partial charge >= 0.3 is 17.9 Å². The van der Waals surface area contributed by atoms with Crippen LogP contribution >= 0.6 is 0 Å². The number of methoxy groups -OCH3 is 1. The van der Waals surface area contributed by atoms with Crippen LogP contribution in [0.4, 0.5) is 0 Å². The van der Waals surface area contributed by atoms with Crippen LogP contribution in [0.2, 0.25) is 18.1 Å². The Kier molecular flexibility index (Phi) is 21.8. The van der Waals surface area contributed by atoms with Crippen molar-refractivity contribution >= 4 is 26.2 Å². The molecule has 1 aliphatic rings. The third kappa shape index (κ3) is 18.0. The number of hydrogen-bond acceptors (Lipinski definition) is 14. The highest BCUT2D eigenvalue weighted by molar-refractivity contribution is 6.74. The molecule has 2 rings (SSSR count). The number of carbonyl (C=O) groups is 3. The lowest BCUT2D eigenvalue weighted by atomic mass is 9.97. The zero-order valence-electron chi connectivity index (χ0n) is 34.0. The lowest BCUT2D eigenvalue weighted by molar-refractivity contribution is -0.316. The first-order valence-corrected chi connectivity index (χ1v) is 21.8. The molecule has 0 N–H and O–H groups in total. The van der Waals surface area contributed by atoms with Crippen molar-refractivity contribution in [3.63, 3.8) is 0 Å². The molecule has 0 amide bonds. The minimum atomic E-state index is -2.44. The summed E-state index contributed by atoms with van der Waals surface area (Å²) in [5, 5.41) is 10.2. The molecule has 6 atom stereocenters.